The van der Waals surface area contributed by atoms with Crippen LogP contribution < -0.4 is 5.73 Å². The van der Waals surface area contributed by atoms with Gasteiger partial charge in [0.1, 0.15) is 0 Å². The minimum absolute atomic E-state index is 0.105. The van der Waals surface area contributed by atoms with Crippen molar-refractivity contribution in [2.45, 2.75) is 24.7 Å². The number of rotatable bonds is 6. The molecule has 0 aromatic rings. The summed E-state index contributed by atoms with van der Waals surface area (Å²) in [5, 5.41) is 28.8. The molecular weight excluding hydrogens is 192 g/mol. The molecule has 78 valence electrons. The Hall–Kier alpha value is -0.460. The van der Waals surface area contributed by atoms with Crippen molar-refractivity contribution < 1.29 is 15.4 Å². The third-order valence-electron chi connectivity index (χ3n) is 1.52. The van der Waals surface area contributed by atoms with E-state index >= 15 is 0 Å². The fourth-order valence-electron chi connectivity index (χ4n) is 0.757. The Balaban J connectivity index is 3.85. The molecule has 0 aromatic heterocycles. The topological polar surface area (TPSA) is 99.1 Å². The van der Waals surface area contributed by atoms with Crippen LogP contribution in [0.2, 0.25) is 0 Å². The Morgan fingerprint density at radius 3 is 2.62 bits per heavy atom. The van der Waals surface area contributed by atoms with E-state index in [0.29, 0.717) is 5.75 Å². The summed E-state index contributed by atoms with van der Waals surface area (Å²) in [7, 11) is 0. The average molecular weight is 208 g/mol. The molecule has 0 rings (SSSR count). The van der Waals surface area contributed by atoms with Gasteiger partial charge in [0.25, 0.3) is 0 Å². The van der Waals surface area contributed by atoms with Crippen LogP contribution in [0.5, 0.6) is 0 Å². The van der Waals surface area contributed by atoms with E-state index in [4.69, 9.17) is 21.2 Å². The van der Waals surface area contributed by atoms with Gasteiger partial charge in [0.15, 0.2) is 5.84 Å². The number of thioether (sulfide) groups is 1. The molecule has 0 amide bonds. The molecule has 0 heterocycles. The Morgan fingerprint density at radius 1 is 1.62 bits per heavy atom. The van der Waals surface area contributed by atoms with Crippen molar-refractivity contribution in [1.29, 1.82) is 0 Å². The van der Waals surface area contributed by atoms with Crippen LogP contribution in [-0.2, 0) is 0 Å². The van der Waals surface area contributed by atoms with Crippen LogP contribution in [0.15, 0.2) is 5.16 Å². The number of hydrogen-bond acceptors (Lipinski definition) is 5. The second-order valence-corrected chi connectivity index (χ2v) is 3.83. The lowest BCUT2D eigenvalue weighted by molar-refractivity contribution is 0.113. The highest BCUT2D eigenvalue weighted by atomic mass is 32.2. The van der Waals surface area contributed by atoms with Crippen molar-refractivity contribution >= 4 is 17.6 Å². The molecule has 0 radical (unpaired) electrons. The summed E-state index contributed by atoms with van der Waals surface area (Å²) in [5.74, 6) is 0.531. The lowest BCUT2D eigenvalue weighted by Gasteiger charge is -2.14. The summed E-state index contributed by atoms with van der Waals surface area (Å²) in [6, 6.07) is 0. The molecular formula is C7H16N2O3S. The zero-order valence-electron chi connectivity index (χ0n) is 7.55. The average Bonchev–Trinajstić information content (AvgIpc) is 2.17. The van der Waals surface area contributed by atoms with E-state index in [2.05, 4.69) is 5.16 Å². The van der Waals surface area contributed by atoms with Gasteiger partial charge in [-0.2, -0.15) is 0 Å². The highest BCUT2D eigenvalue weighted by Crippen LogP contribution is 2.15. The monoisotopic (exact) mass is 208 g/mol. The van der Waals surface area contributed by atoms with E-state index in [1.54, 1.807) is 0 Å². The first-order chi connectivity index (χ1) is 6.15. The molecule has 0 spiro atoms. The number of oxime groups is 1. The molecule has 0 aliphatic rings. The minimum Gasteiger partial charge on any atom is -0.409 e. The quantitative estimate of drug-likeness (QED) is 0.206. The van der Waals surface area contributed by atoms with Gasteiger partial charge in [0.05, 0.1) is 18.0 Å². The Morgan fingerprint density at radius 2 is 2.23 bits per heavy atom. The van der Waals surface area contributed by atoms with Crippen LogP contribution in [0.1, 0.15) is 13.3 Å². The zero-order chi connectivity index (χ0) is 10.3. The van der Waals surface area contributed by atoms with Crippen LogP contribution in [0.25, 0.3) is 0 Å². The maximum absolute atomic E-state index is 9.04. The van der Waals surface area contributed by atoms with Gasteiger partial charge in [-0.05, 0) is 6.42 Å². The second kappa shape index (κ2) is 6.99. The molecule has 6 heteroatoms. The molecule has 0 aromatic carbocycles. The van der Waals surface area contributed by atoms with E-state index in [-0.39, 0.29) is 17.7 Å². The second-order valence-electron chi connectivity index (χ2n) is 2.59. The maximum Gasteiger partial charge on any atom is 0.152 e. The van der Waals surface area contributed by atoms with E-state index in [0.717, 1.165) is 6.42 Å². The summed E-state index contributed by atoms with van der Waals surface area (Å²) in [6.07, 6.45) is -0.0239. The van der Waals surface area contributed by atoms with Crippen molar-refractivity contribution in [3.05, 3.63) is 0 Å². The minimum atomic E-state index is -0.745. The fraction of sp³-hybridized carbons (Fsp3) is 0.857. The molecule has 0 aliphatic heterocycles. The first-order valence-corrected chi connectivity index (χ1v) is 5.08. The van der Waals surface area contributed by atoms with Gasteiger partial charge in [-0.25, -0.2) is 0 Å². The third-order valence-corrected chi connectivity index (χ3v) is 3.07. The summed E-state index contributed by atoms with van der Waals surface area (Å²) in [5.41, 5.74) is 5.39. The lowest BCUT2D eigenvalue weighted by Crippen LogP contribution is -2.28. The number of nitrogens with zero attached hydrogens (tertiary/aromatic N) is 1. The van der Waals surface area contributed by atoms with Crippen LogP contribution in [-0.4, -0.2) is 45.0 Å². The molecule has 0 saturated heterocycles. The van der Waals surface area contributed by atoms with Gasteiger partial charge in [-0.15, -0.1) is 11.8 Å². The zero-order valence-corrected chi connectivity index (χ0v) is 8.37. The van der Waals surface area contributed by atoms with Crippen molar-refractivity contribution in [1.82, 2.24) is 0 Å². The predicted octanol–water partition coefficient (Wildman–Crippen LogP) is -0.402. The smallest absolute Gasteiger partial charge is 0.152 e. The third kappa shape index (κ3) is 4.97. The van der Waals surface area contributed by atoms with Gasteiger partial charge < -0.3 is 21.2 Å². The molecule has 0 saturated carbocycles. The Kier molecular flexibility index (Phi) is 6.75. The molecule has 2 atom stereocenters. The van der Waals surface area contributed by atoms with Crippen molar-refractivity contribution in [2.24, 2.45) is 10.9 Å². The van der Waals surface area contributed by atoms with E-state index in [9.17, 15) is 0 Å². The normalized spacial score (nSPS) is 17.0. The molecule has 5 nitrogen and oxygen atoms in total. The number of nitrogens with two attached hydrogens (primary N) is 1. The van der Waals surface area contributed by atoms with Gasteiger partial charge in [0, 0.05) is 5.75 Å². The first-order valence-electron chi connectivity index (χ1n) is 4.03. The SMILES string of the molecule is CCC(SCC(O)CO)C(N)=NO. The lowest BCUT2D eigenvalue weighted by atomic mass is 10.3. The van der Waals surface area contributed by atoms with E-state index in [1.807, 2.05) is 6.92 Å². The Bertz CT molecular complexity index is 166. The van der Waals surface area contributed by atoms with Crippen molar-refractivity contribution in [3.63, 3.8) is 0 Å². The highest BCUT2D eigenvalue weighted by molar-refractivity contribution is 8.00. The first kappa shape index (κ1) is 12.5. The van der Waals surface area contributed by atoms with Crippen LogP contribution >= 0.6 is 11.8 Å². The number of aliphatic hydroxyl groups is 2. The van der Waals surface area contributed by atoms with Crippen LogP contribution in [0, 0.1) is 0 Å². The van der Waals surface area contributed by atoms with Crippen LogP contribution in [0.3, 0.4) is 0 Å². The number of aliphatic hydroxyl groups excluding tert-OH is 2. The van der Waals surface area contributed by atoms with Gasteiger partial charge >= 0.3 is 0 Å². The van der Waals surface area contributed by atoms with E-state index in [1.165, 1.54) is 11.8 Å². The summed E-state index contributed by atoms with van der Waals surface area (Å²) >= 11 is 1.36. The summed E-state index contributed by atoms with van der Waals surface area (Å²) < 4.78 is 0. The predicted molar refractivity (Wildman–Crippen MR) is 53.0 cm³/mol. The molecule has 0 bridgehead atoms. The highest BCUT2D eigenvalue weighted by Gasteiger charge is 2.14. The molecule has 13 heavy (non-hydrogen) atoms. The molecule has 0 fully saturated rings. The molecule has 2 unspecified atom stereocenters. The van der Waals surface area contributed by atoms with Gasteiger partial charge in [-0.1, -0.05) is 12.1 Å². The van der Waals surface area contributed by atoms with Gasteiger partial charge in [0.2, 0.25) is 0 Å². The summed E-state index contributed by atoms with van der Waals surface area (Å²) in [4.78, 5) is 0. The molecule has 5 N–H and O–H groups in total. The van der Waals surface area contributed by atoms with Crippen LogP contribution in [0.4, 0.5) is 0 Å². The van der Waals surface area contributed by atoms with Gasteiger partial charge in [-0.3, -0.25) is 0 Å². The van der Waals surface area contributed by atoms with Crippen molar-refractivity contribution in [3.8, 4) is 0 Å². The fourth-order valence-corrected chi connectivity index (χ4v) is 1.77. The standard InChI is InChI=1S/C7H16N2O3S/c1-2-6(7(8)9-12)13-4-5(11)3-10/h5-6,10-12H,2-4H2,1H3,(H2,8,9). The van der Waals surface area contributed by atoms with E-state index < -0.39 is 6.10 Å². The largest absolute Gasteiger partial charge is 0.409 e. The Labute approximate surface area is 81.6 Å². The number of hydrogen-bond donors (Lipinski definition) is 4. The van der Waals surface area contributed by atoms with Crippen molar-refractivity contribution in [2.75, 3.05) is 12.4 Å². The summed E-state index contributed by atoms with van der Waals surface area (Å²) in [6.45, 7) is 1.64. The maximum atomic E-state index is 9.04. The number of amidine groups is 1. The molecule has 0 aliphatic carbocycles.